The van der Waals surface area contributed by atoms with Crippen LogP contribution in [0.1, 0.15) is 16.7 Å². The molecule has 0 aromatic heterocycles. The van der Waals surface area contributed by atoms with Crippen molar-refractivity contribution < 1.29 is 14.4 Å². The number of aryl methyl sites for hydroxylation is 2. The fraction of sp³-hybridized carbons (Fsp3) is 0.235. The first-order chi connectivity index (χ1) is 10.1. The number of ether oxygens (including phenoxy) is 1. The molecule has 2 aromatic carbocycles. The summed E-state index contributed by atoms with van der Waals surface area (Å²) in [5.74, 6) is 0.403. The molecule has 0 saturated carbocycles. The Kier molecular flexibility index (Phi) is 5.35. The monoisotopic (exact) mass is 285 g/mol. The lowest BCUT2D eigenvalue weighted by atomic mass is 10.1. The molecule has 1 amide bonds. The number of hydrogen-bond acceptors (Lipinski definition) is 3. The van der Waals surface area contributed by atoms with Crippen molar-refractivity contribution in [3.05, 3.63) is 65.2 Å². The molecule has 2 aromatic rings. The quantitative estimate of drug-likeness (QED) is 0.830. The first kappa shape index (κ1) is 15.1. The Labute approximate surface area is 124 Å². The molecule has 21 heavy (non-hydrogen) atoms. The fourth-order valence-electron chi connectivity index (χ4n) is 1.81. The molecule has 0 aliphatic heterocycles. The first-order valence-corrected chi connectivity index (χ1v) is 6.80. The topological polar surface area (TPSA) is 47.6 Å². The van der Waals surface area contributed by atoms with Crippen molar-refractivity contribution in [2.24, 2.45) is 0 Å². The van der Waals surface area contributed by atoms with Gasteiger partial charge in [0.15, 0.2) is 6.61 Å². The van der Waals surface area contributed by atoms with Crippen LogP contribution in [0.15, 0.2) is 48.5 Å². The molecule has 0 aliphatic carbocycles. The lowest BCUT2D eigenvalue weighted by molar-refractivity contribution is -0.136. The highest BCUT2D eigenvalue weighted by molar-refractivity contribution is 5.76. The van der Waals surface area contributed by atoms with Gasteiger partial charge < -0.3 is 4.74 Å². The molecule has 4 heteroatoms. The molecule has 0 saturated heterocycles. The molecule has 0 spiro atoms. The summed E-state index contributed by atoms with van der Waals surface area (Å²) in [5, 5.41) is 0. The summed E-state index contributed by atoms with van der Waals surface area (Å²) in [7, 11) is 0. The third-order valence-electron chi connectivity index (χ3n) is 2.97. The molecule has 0 fully saturated rings. The van der Waals surface area contributed by atoms with E-state index in [1.807, 2.05) is 62.4 Å². The maximum absolute atomic E-state index is 11.6. The summed E-state index contributed by atoms with van der Waals surface area (Å²) >= 11 is 0. The van der Waals surface area contributed by atoms with Crippen LogP contribution < -0.4 is 10.2 Å². The van der Waals surface area contributed by atoms with Gasteiger partial charge in [0.25, 0.3) is 5.91 Å². The lowest BCUT2D eigenvalue weighted by Gasteiger charge is -2.10. The Bertz CT molecular complexity index is 596. The van der Waals surface area contributed by atoms with Gasteiger partial charge in [0.2, 0.25) is 0 Å². The third kappa shape index (κ3) is 4.93. The van der Waals surface area contributed by atoms with Gasteiger partial charge in [-0.15, -0.1) is 0 Å². The smallest absolute Gasteiger partial charge is 0.281 e. The predicted molar refractivity (Wildman–Crippen MR) is 80.8 cm³/mol. The van der Waals surface area contributed by atoms with E-state index >= 15 is 0 Å². The van der Waals surface area contributed by atoms with Gasteiger partial charge in [0.1, 0.15) is 5.75 Å². The van der Waals surface area contributed by atoms with E-state index < -0.39 is 0 Å². The van der Waals surface area contributed by atoms with E-state index in [4.69, 9.17) is 9.57 Å². The number of benzene rings is 2. The molecule has 0 bridgehead atoms. The van der Waals surface area contributed by atoms with Gasteiger partial charge in [-0.3, -0.25) is 9.63 Å². The lowest BCUT2D eigenvalue weighted by Crippen LogP contribution is -2.29. The van der Waals surface area contributed by atoms with E-state index in [0.717, 1.165) is 16.7 Å². The van der Waals surface area contributed by atoms with Gasteiger partial charge in [0, 0.05) is 0 Å². The summed E-state index contributed by atoms with van der Waals surface area (Å²) in [4.78, 5) is 16.8. The van der Waals surface area contributed by atoms with Gasteiger partial charge in [-0.2, -0.15) is 0 Å². The molecule has 0 aliphatic rings. The molecule has 4 nitrogen and oxygen atoms in total. The normalized spacial score (nSPS) is 10.2. The molecule has 2 rings (SSSR count). The minimum absolute atomic E-state index is 0.0704. The van der Waals surface area contributed by atoms with E-state index in [1.54, 1.807) is 0 Å². The third-order valence-corrected chi connectivity index (χ3v) is 2.97. The summed E-state index contributed by atoms with van der Waals surface area (Å²) in [6.45, 7) is 4.18. The SMILES string of the molecule is Cc1ccc(C)c(OCC(=O)NOCc2ccccc2)c1. The number of carbonyl (C=O) groups is 1. The van der Waals surface area contributed by atoms with Crippen LogP contribution in [-0.4, -0.2) is 12.5 Å². The molecule has 0 radical (unpaired) electrons. The second-order valence-electron chi connectivity index (χ2n) is 4.86. The van der Waals surface area contributed by atoms with Crippen molar-refractivity contribution in [1.29, 1.82) is 0 Å². The molecule has 0 unspecified atom stereocenters. The molecule has 0 atom stereocenters. The average molecular weight is 285 g/mol. The number of amides is 1. The summed E-state index contributed by atoms with van der Waals surface area (Å²) in [6, 6.07) is 15.5. The van der Waals surface area contributed by atoms with Crippen LogP contribution in [0.5, 0.6) is 5.75 Å². The van der Waals surface area contributed by atoms with Gasteiger partial charge in [0.05, 0.1) is 6.61 Å². The number of rotatable bonds is 6. The Balaban J connectivity index is 1.74. The zero-order valence-corrected chi connectivity index (χ0v) is 12.3. The van der Waals surface area contributed by atoms with Crippen LogP contribution in [-0.2, 0) is 16.2 Å². The molecule has 1 N–H and O–H groups in total. The van der Waals surface area contributed by atoms with Crippen LogP contribution >= 0.6 is 0 Å². The van der Waals surface area contributed by atoms with E-state index in [2.05, 4.69) is 5.48 Å². The van der Waals surface area contributed by atoms with Crippen LogP contribution in [0.2, 0.25) is 0 Å². The Morgan fingerprint density at radius 2 is 1.86 bits per heavy atom. The Morgan fingerprint density at radius 1 is 1.10 bits per heavy atom. The number of hydroxylamine groups is 1. The highest BCUT2D eigenvalue weighted by Crippen LogP contribution is 2.18. The van der Waals surface area contributed by atoms with Crippen LogP contribution in [0.25, 0.3) is 0 Å². The van der Waals surface area contributed by atoms with E-state index in [1.165, 1.54) is 0 Å². The summed E-state index contributed by atoms with van der Waals surface area (Å²) in [5.41, 5.74) is 5.46. The van der Waals surface area contributed by atoms with Crippen LogP contribution in [0.4, 0.5) is 0 Å². The summed E-state index contributed by atoms with van der Waals surface area (Å²) in [6.07, 6.45) is 0. The highest BCUT2D eigenvalue weighted by atomic mass is 16.7. The second kappa shape index (κ2) is 7.45. The van der Waals surface area contributed by atoms with Gasteiger partial charge in [-0.05, 0) is 36.6 Å². The van der Waals surface area contributed by atoms with Crippen molar-refractivity contribution in [1.82, 2.24) is 5.48 Å². The predicted octanol–water partition coefficient (Wildman–Crippen LogP) is 2.93. The van der Waals surface area contributed by atoms with Crippen molar-refractivity contribution in [2.45, 2.75) is 20.5 Å². The largest absolute Gasteiger partial charge is 0.483 e. The average Bonchev–Trinajstić information content (AvgIpc) is 2.49. The maximum atomic E-state index is 11.6. The zero-order chi connectivity index (χ0) is 15.1. The molecule has 110 valence electrons. The number of nitrogens with one attached hydrogen (secondary N) is 1. The minimum atomic E-state index is -0.313. The zero-order valence-electron chi connectivity index (χ0n) is 12.3. The second-order valence-corrected chi connectivity index (χ2v) is 4.86. The highest BCUT2D eigenvalue weighted by Gasteiger charge is 2.05. The van der Waals surface area contributed by atoms with Crippen molar-refractivity contribution in [3.8, 4) is 5.75 Å². The molecule has 0 heterocycles. The first-order valence-electron chi connectivity index (χ1n) is 6.80. The molecular weight excluding hydrogens is 266 g/mol. The van der Waals surface area contributed by atoms with Crippen LogP contribution in [0, 0.1) is 13.8 Å². The van der Waals surface area contributed by atoms with Gasteiger partial charge in [-0.25, -0.2) is 5.48 Å². The van der Waals surface area contributed by atoms with Crippen LogP contribution in [0.3, 0.4) is 0 Å². The standard InChI is InChI=1S/C17H19NO3/c1-13-8-9-14(2)16(10-13)20-12-17(19)18-21-11-15-6-4-3-5-7-15/h3-10H,11-12H2,1-2H3,(H,18,19). The Hall–Kier alpha value is -2.33. The Morgan fingerprint density at radius 3 is 2.62 bits per heavy atom. The van der Waals surface area contributed by atoms with E-state index in [-0.39, 0.29) is 12.5 Å². The van der Waals surface area contributed by atoms with Crippen molar-refractivity contribution in [2.75, 3.05) is 6.61 Å². The fourth-order valence-corrected chi connectivity index (χ4v) is 1.81. The number of carbonyl (C=O) groups excluding carboxylic acids is 1. The maximum Gasteiger partial charge on any atom is 0.281 e. The van der Waals surface area contributed by atoms with Gasteiger partial charge in [-0.1, -0.05) is 42.5 Å². The minimum Gasteiger partial charge on any atom is -0.483 e. The van der Waals surface area contributed by atoms with E-state index in [0.29, 0.717) is 12.4 Å². The van der Waals surface area contributed by atoms with E-state index in [9.17, 15) is 4.79 Å². The van der Waals surface area contributed by atoms with Gasteiger partial charge >= 0.3 is 0 Å². The number of hydrogen-bond donors (Lipinski definition) is 1. The van der Waals surface area contributed by atoms with Crippen molar-refractivity contribution >= 4 is 5.91 Å². The summed E-state index contributed by atoms with van der Waals surface area (Å²) < 4.78 is 5.49. The molecular formula is C17H19NO3. The van der Waals surface area contributed by atoms with Crippen molar-refractivity contribution in [3.63, 3.8) is 0 Å².